The second-order valence-corrected chi connectivity index (χ2v) is 3.54. The summed E-state index contributed by atoms with van der Waals surface area (Å²) in [5, 5.41) is -0.453. The molecule has 0 saturated carbocycles. The number of pyridine rings is 1. The lowest BCUT2D eigenvalue weighted by molar-refractivity contribution is 0.518. The summed E-state index contributed by atoms with van der Waals surface area (Å²) in [6, 6.07) is 2.52. The molecule has 0 amide bonds. The summed E-state index contributed by atoms with van der Waals surface area (Å²) in [5.41, 5.74) is 0. The zero-order valence-electron chi connectivity index (χ0n) is 5.63. The molecule has 2 atom stereocenters. The van der Waals surface area contributed by atoms with Crippen LogP contribution in [0.25, 0.3) is 0 Å². The van der Waals surface area contributed by atoms with Crippen LogP contribution in [0.3, 0.4) is 0 Å². The minimum atomic E-state index is -2.62. The van der Waals surface area contributed by atoms with Crippen LogP contribution in [0.15, 0.2) is 28.3 Å². The third-order valence-corrected chi connectivity index (χ3v) is 2.53. The van der Waals surface area contributed by atoms with Crippen LogP contribution in [-0.4, -0.2) is 22.5 Å². The average Bonchev–Trinajstić information content (AvgIpc) is 2.04. The van der Waals surface area contributed by atoms with Gasteiger partial charge in [-0.15, -0.1) is 0 Å². The van der Waals surface area contributed by atoms with Gasteiger partial charge in [-0.25, -0.2) is 4.98 Å². The Bertz CT molecular complexity index is 307. The van der Waals surface area contributed by atoms with E-state index in [2.05, 4.69) is 4.98 Å². The minimum absolute atomic E-state index is 0.314. The molecule has 1 rings (SSSR count). The maximum atomic E-state index is 10.4. The fraction of sp³-hybridized carbons (Fsp3) is 0. The van der Waals surface area contributed by atoms with E-state index in [0.29, 0.717) is 0 Å². The molecule has 0 aromatic carbocycles. The van der Waals surface area contributed by atoms with Gasteiger partial charge in [-0.1, -0.05) is 0 Å². The molecule has 0 bridgehead atoms. The summed E-state index contributed by atoms with van der Waals surface area (Å²) >= 11 is -5.18. The van der Waals surface area contributed by atoms with E-state index in [1.165, 1.54) is 18.3 Å². The highest BCUT2D eigenvalue weighted by molar-refractivity contribution is 7.82. The predicted molar refractivity (Wildman–Crippen MR) is 38.6 cm³/mol. The van der Waals surface area contributed by atoms with Crippen molar-refractivity contribution >= 4 is 22.2 Å². The van der Waals surface area contributed by atoms with Crippen molar-refractivity contribution in [2.75, 3.05) is 0 Å². The van der Waals surface area contributed by atoms with Gasteiger partial charge >= 0.3 is 0 Å². The molecular formula is C5H3NO4S2-2. The van der Waals surface area contributed by atoms with Crippen LogP contribution in [0.4, 0.5) is 0 Å². The van der Waals surface area contributed by atoms with Crippen LogP contribution in [0.5, 0.6) is 0 Å². The SMILES string of the molecule is O=S([O-])c1cccnc1S(=O)[O-]. The molecular weight excluding hydrogens is 202 g/mol. The Morgan fingerprint density at radius 3 is 2.33 bits per heavy atom. The van der Waals surface area contributed by atoms with E-state index >= 15 is 0 Å². The fourth-order valence-corrected chi connectivity index (χ4v) is 1.80. The molecule has 7 heteroatoms. The quantitative estimate of drug-likeness (QED) is 0.610. The fourth-order valence-electron chi connectivity index (χ4n) is 0.628. The molecule has 0 aliphatic carbocycles. The molecule has 1 aromatic rings. The standard InChI is InChI=1S/C5H5NO4S2/c7-11(8)4-2-1-3-6-5(4)12(9)10/h1-3H,(H,7,8)(H,9,10)/p-2. The Morgan fingerprint density at radius 1 is 1.25 bits per heavy atom. The first-order valence-electron chi connectivity index (χ1n) is 2.76. The van der Waals surface area contributed by atoms with Gasteiger partial charge in [0.1, 0.15) is 5.03 Å². The molecule has 12 heavy (non-hydrogen) atoms. The van der Waals surface area contributed by atoms with E-state index in [4.69, 9.17) is 0 Å². The molecule has 66 valence electrons. The number of nitrogens with zero attached hydrogens (tertiary/aromatic N) is 1. The van der Waals surface area contributed by atoms with Gasteiger partial charge < -0.3 is 9.11 Å². The van der Waals surface area contributed by atoms with Crippen molar-refractivity contribution in [1.29, 1.82) is 0 Å². The highest BCUT2D eigenvalue weighted by Gasteiger charge is 2.02. The first kappa shape index (κ1) is 9.46. The van der Waals surface area contributed by atoms with E-state index in [1.807, 2.05) is 0 Å². The molecule has 1 heterocycles. The Kier molecular flexibility index (Phi) is 3.04. The predicted octanol–water partition coefficient (Wildman–Crippen LogP) is -0.442. The van der Waals surface area contributed by atoms with E-state index in [1.54, 1.807) is 0 Å². The van der Waals surface area contributed by atoms with E-state index in [-0.39, 0.29) is 4.90 Å². The van der Waals surface area contributed by atoms with Crippen molar-refractivity contribution < 1.29 is 17.5 Å². The minimum Gasteiger partial charge on any atom is -0.768 e. The number of aromatic nitrogens is 1. The van der Waals surface area contributed by atoms with E-state index in [9.17, 15) is 17.5 Å². The monoisotopic (exact) mass is 205 g/mol. The van der Waals surface area contributed by atoms with Crippen LogP contribution in [0, 0.1) is 0 Å². The smallest absolute Gasteiger partial charge is 0.128 e. The van der Waals surface area contributed by atoms with Crippen LogP contribution in [0.1, 0.15) is 0 Å². The van der Waals surface area contributed by atoms with Crippen LogP contribution in [0.2, 0.25) is 0 Å². The van der Waals surface area contributed by atoms with Gasteiger partial charge in [-0.2, -0.15) is 0 Å². The largest absolute Gasteiger partial charge is 0.768 e. The van der Waals surface area contributed by atoms with Crippen molar-refractivity contribution in [3.8, 4) is 0 Å². The summed E-state index contributed by atoms with van der Waals surface area (Å²) < 4.78 is 41.6. The lowest BCUT2D eigenvalue weighted by atomic mass is 10.5. The summed E-state index contributed by atoms with van der Waals surface area (Å²) in [6.45, 7) is 0. The number of hydrogen-bond acceptors (Lipinski definition) is 5. The Balaban J connectivity index is 3.27. The van der Waals surface area contributed by atoms with E-state index < -0.39 is 27.2 Å². The summed E-state index contributed by atoms with van der Waals surface area (Å²) in [5.74, 6) is 0. The normalized spacial score (nSPS) is 15.5. The van der Waals surface area contributed by atoms with Crippen LogP contribution < -0.4 is 0 Å². The molecule has 0 aliphatic heterocycles. The first-order chi connectivity index (χ1) is 5.63. The van der Waals surface area contributed by atoms with Gasteiger partial charge in [0.15, 0.2) is 0 Å². The van der Waals surface area contributed by atoms with Crippen molar-refractivity contribution in [2.45, 2.75) is 9.92 Å². The molecule has 0 fully saturated rings. The molecule has 0 aliphatic rings. The van der Waals surface area contributed by atoms with Gasteiger partial charge in [0, 0.05) is 6.20 Å². The Hall–Kier alpha value is -0.630. The second-order valence-electron chi connectivity index (χ2n) is 1.78. The molecule has 0 spiro atoms. The van der Waals surface area contributed by atoms with Gasteiger partial charge in [0.2, 0.25) is 0 Å². The van der Waals surface area contributed by atoms with Crippen molar-refractivity contribution in [1.82, 2.24) is 4.98 Å². The number of hydrogen-bond donors (Lipinski definition) is 0. The zero-order chi connectivity index (χ0) is 9.14. The van der Waals surface area contributed by atoms with Crippen molar-refractivity contribution in [3.63, 3.8) is 0 Å². The van der Waals surface area contributed by atoms with Gasteiger partial charge in [-0.05, 0) is 34.3 Å². The molecule has 0 radical (unpaired) electrons. The van der Waals surface area contributed by atoms with Crippen LogP contribution in [-0.2, 0) is 22.2 Å². The van der Waals surface area contributed by atoms with Crippen LogP contribution >= 0.6 is 0 Å². The molecule has 5 nitrogen and oxygen atoms in total. The van der Waals surface area contributed by atoms with Gasteiger partial charge in [0.05, 0.1) is 4.90 Å². The number of rotatable bonds is 2. The zero-order valence-corrected chi connectivity index (χ0v) is 7.26. The third-order valence-electron chi connectivity index (χ3n) is 1.07. The van der Waals surface area contributed by atoms with Crippen molar-refractivity contribution in [2.24, 2.45) is 0 Å². The molecule has 2 unspecified atom stereocenters. The Morgan fingerprint density at radius 2 is 1.92 bits per heavy atom. The highest BCUT2D eigenvalue weighted by Crippen LogP contribution is 2.11. The van der Waals surface area contributed by atoms with Crippen molar-refractivity contribution in [3.05, 3.63) is 18.3 Å². The third kappa shape index (κ3) is 1.95. The maximum Gasteiger partial charge on any atom is 0.128 e. The van der Waals surface area contributed by atoms with Gasteiger partial charge in [0.25, 0.3) is 0 Å². The summed E-state index contributed by atoms with van der Waals surface area (Å²) in [4.78, 5) is 3.08. The van der Waals surface area contributed by atoms with E-state index in [0.717, 1.165) is 0 Å². The Labute approximate surface area is 73.4 Å². The molecule has 1 aromatic heterocycles. The lowest BCUT2D eigenvalue weighted by Crippen LogP contribution is -2.01. The highest BCUT2D eigenvalue weighted by atomic mass is 32.2. The lowest BCUT2D eigenvalue weighted by Gasteiger charge is -2.11. The molecule has 0 N–H and O–H groups in total. The topological polar surface area (TPSA) is 93.2 Å². The summed E-state index contributed by atoms with van der Waals surface area (Å²) in [6.07, 6.45) is 1.21. The first-order valence-corrected chi connectivity index (χ1v) is 4.91. The summed E-state index contributed by atoms with van der Waals surface area (Å²) in [7, 11) is 0. The molecule has 0 saturated heterocycles. The van der Waals surface area contributed by atoms with Gasteiger partial charge in [-0.3, -0.25) is 8.42 Å². The average molecular weight is 205 g/mol. The second kappa shape index (κ2) is 3.85. The maximum absolute atomic E-state index is 10.4.